The number of non-ortho nitro benzene ring substituents is 1. The molecule has 0 atom stereocenters. The van der Waals surface area contributed by atoms with Crippen LogP contribution in [0.5, 0.6) is 11.5 Å². The second-order valence-electron chi connectivity index (χ2n) is 8.02. The van der Waals surface area contributed by atoms with Gasteiger partial charge in [0.1, 0.15) is 0 Å². The molecular weight excluding hydrogens is 500 g/mol. The van der Waals surface area contributed by atoms with Crippen molar-refractivity contribution in [3.8, 4) is 11.5 Å². The fourth-order valence-corrected chi connectivity index (χ4v) is 3.45. The van der Waals surface area contributed by atoms with Crippen LogP contribution in [-0.2, 0) is 6.54 Å². The van der Waals surface area contributed by atoms with Crippen molar-refractivity contribution in [2.75, 3.05) is 29.3 Å². The monoisotopic (exact) mass is 528 g/mol. The number of nitrogens with one attached hydrogen (secondary N) is 3. The van der Waals surface area contributed by atoms with Crippen molar-refractivity contribution in [2.24, 2.45) is 5.10 Å². The number of anilines is 4. The molecule has 4 aromatic rings. The van der Waals surface area contributed by atoms with Crippen molar-refractivity contribution in [1.29, 1.82) is 0 Å². The Bertz CT molecular complexity index is 1420. The third-order valence-electron chi connectivity index (χ3n) is 5.21. The molecule has 200 valence electrons. The molecule has 0 amide bonds. The Morgan fingerprint density at radius 2 is 1.56 bits per heavy atom. The zero-order chi connectivity index (χ0) is 27.5. The van der Waals surface area contributed by atoms with E-state index in [0.717, 1.165) is 11.1 Å². The third kappa shape index (κ3) is 7.86. The quantitative estimate of drug-likeness (QED) is 0.117. The van der Waals surface area contributed by atoms with E-state index in [2.05, 4.69) is 36.1 Å². The fraction of sp³-hybridized carbons (Fsp3) is 0.185. The average Bonchev–Trinajstić information content (AvgIpc) is 2.94. The molecule has 1 heterocycles. The first kappa shape index (κ1) is 26.8. The van der Waals surface area contributed by atoms with Gasteiger partial charge in [-0.2, -0.15) is 20.1 Å². The Labute approximate surface area is 225 Å². The summed E-state index contributed by atoms with van der Waals surface area (Å²) in [6.07, 6.45) is 1.61. The van der Waals surface area contributed by atoms with Gasteiger partial charge in [-0.05, 0) is 55.3 Å². The van der Waals surface area contributed by atoms with E-state index in [9.17, 15) is 10.1 Å². The van der Waals surface area contributed by atoms with Crippen LogP contribution in [0.1, 0.15) is 25.0 Å². The number of rotatable bonds is 13. The first-order chi connectivity index (χ1) is 19.0. The highest BCUT2D eigenvalue weighted by atomic mass is 16.6. The van der Waals surface area contributed by atoms with E-state index in [1.165, 1.54) is 12.1 Å². The van der Waals surface area contributed by atoms with Gasteiger partial charge >= 0.3 is 0 Å². The lowest BCUT2D eigenvalue weighted by Crippen LogP contribution is -2.09. The number of ether oxygens (including phenoxy) is 2. The maximum atomic E-state index is 11.0. The maximum Gasteiger partial charge on any atom is 0.269 e. The summed E-state index contributed by atoms with van der Waals surface area (Å²) in [5.41, 5.74) is 5.24. The number of hydrogen-bond acceptors (Lipinski definition) is 11. The molecule has 3 aromatic carbocycles. The summed E-state index contributed by atoms with van der Waals surface area (Å²) in [7, 11) is 0. The average molecular weight is 529 g/mol. The SMILES string of the molecule is CCOc1ccc(C=NNc2nc(NCc3ccccc3)nc(Nc3ccc([N+](=O)[O-])cc3)n2)cc1OCC. The summed E-state index contributed by atoms with van der Waals surface area (Å²) in [4.78, 5) is 23.7. The lowest BCUT2D eigenvalue weighted by molar-refractivity contribution is -0.384. The van der Waals surface area contributed by atoms with Crippen LogP contribution in [0.2, 0.25) is 0 Å². The van der Waals surface area contributed by atoms with Crippen molar-refractivity contribution < 1.29 is 14.4 Å². The van der Waals surface area contributed by atoms with Gasteiger partial charge < -0.3 is 20.1 Å². The van der Waals surface area contributed by atoms with Gasteiger partial charge in [0.15, 0.2) is 11.5 Å². The minimum Gasteiger partial charge on any atom is -0.490 e. The molecule has 0 bridgehead atoms. The van der Waals surface area contributed by atoms with Gasteiger partial charge in [-0.15, -0.1) is 0 Å². The Morgan fingerprint density at radius 1 is 0.872 bits per heavy atom. The van der Waals surface area contributed by atoms with E-state index in [1.807, 2.05) is 62.4 Å². The van der Waals surface area contributed by atoms with E-state index in [1.54, 1.807) is 18.3 Å². The van der Waals surface area contributed by atoms with Crippen LogP contribution in [0.3, 0.4) is 0 Å². The summed E-state index contributed by atoms with van der Waals surface area (Å²) >= 11 is 0. The van der Waals surface area contributed by atoms with Crippen LogP contribution >= 0.6 is 0 Å². The van der Waals surface area contributed by atoms with Gasteiger partial charge in [-0.1, -0.05) is 30.3 Å². The summed E-state index contributed by atoms with van der Waals surface area (Å²) in [5.74, 6) is 2.03. The van der Waals surface area contributed by atoms with Gasteiger partial charge in [0.05, 0.1) is 24.4 Å². The number of benzene rings is 3. The molecule has 0 aliphatic carbocycles. The molecule has 0 radical (unpaired) electrons. The van der Waals surface area contributed by atoms with Crippen molar-refractivity contribution in [3.05, 3.63) is 94.0 Å². The molecule has 0 saturated carbocycles. The molecule has 0 unspecified atom stereocenters. The van der Waals surface area contributed by atoms with Crippen molar-refractivity contribution in [3.63, 3.8) is 0 Å². The lowest BCUT2D eigenvalue weighted by atomic mass is 10.2. The van der Waals surface area contributed by atoms with Crippen LogP contribution < -0.4 is 25.5 Å². The van der Waals surface area contributed by atoms with Gasteiger partial charge in [0, 0.05) is 24.4 Å². The molecular formula is C27H28N8O4. The summed E-state index contributed by atoms with van der Waals surface area (Å²) in [6, 6.07) is 21.3. The van der Waals surface area contributed by atoms with Crippen LogP contribution in [-0.4, -0.2) is 39.3 Å². The Balaban J connectivity index is 1.53. The summed E-state index contributed by atoms with van der Waals surface area (Å²) in [6.45, 7) is 5.36. The summed E-state index contributed by atoms with van der Waals surface area (Å²) < 4.78 is 11.3. The Hall–Kier alpha value is -5.26. The second kappa shape index (κ2) is 13.3. The normalized spacial score (nSPS) is 10.7. The Kier molecular flexibility index (Phi) is 9.16. The van der Waals surface area contributed by atoms with E-state index >= 15 is 0 Å². The molecule has 0 fully saturated rings. The molecule has 0 saturated heterocycles. The molecule has 39 heavy (non-hydrogen) atoms. The van der Waals surface area contributed by atoms with E-state index in [0.29, 0.717) is 42.9 Å². The predicted molar refractivity (Wildman–Crippen MR) is 150 cm³/mol. The standard InChI is InChI=1S/C27H28N8O4/c1-3-38-23-15-10-20(16-24(23)39-4-2)18-29-34-27-32-25(28-17-19-8-6-5-7-9-19)31-26(33-27)30-21-11-13-22(14-12-21)35(36)37/h5-16,18H,3-4,17H2,1-2H3,(H3,28,30,31,32,33,34). The highest BCUT2D eigenvalue weighted by Gasteiger charge is 2.10. The van der Waals surface area contributed by atoms with Gasteiger partial charge in [0.2, 0.25) is 17.8 Å². The number of nitro groups is 1. The molecule has 0 spiro atoms. The molecule has 12 nitrogen and oxygen atoms in total. The molecule has 0 aliphatic heterocycles. The van der Waals surface area contributed by atoms with Gasteiger partial charge in [0.25, 0.3) is 5.69 Å². The molecule has 12 heteroatoms. The molecule has 0 aliphatic rings. The minimum absolute atomic E-state index is 0.0140. The smallest absolute Gasteiger partial charge is 0.269 e. The van der Waals surface area contributed by atoms with Crippen molar-refractivity contribution in [2.45, 2.75) is 20.4 Å². The lowest BCUT2D eigenvalue weighted by Gasteiger charge is -2.11. The number of hydrogen-bond donors (Lipinski definition) is 3. The van der Waals surface area contributed by atoms with Gasteiger partial charge in [-0.25, -0.2) is 5.43 Å². The highest BCUT2D eigenvalue weighted by Crippen LogP contribution is 2.28. The Morgan fingerprint density at radius 3 is 2.28 bits per heavy atom. The van der Waals surface area contributed by atoms with E-state index < -0.39 is 4.92 Å². The largest absolute Gasteiger partial charge is 0.490 e. The van der Waals surface area contributed by atoms with Crippen LogP contribution in [0.4, 0.5) is 29.2 Å². The number of nitro benzene ring substituents is 1. The van der Waals surface area contributed by atoms with Gasteiger partial charge in [-0.3, -0.25) is 10.1 Å². The van der Waals surface area contributed by atoms with E-state index in [4.69, 9.17) is 9.47 Å². The fourth-order valence-electron chi connectivity index (χ4n) is 3.45. The first-order valence-corrected chi connectivity index (χ1v) is 12.3. The predicted octanol–water partition coefficient (Wildman–Crippen LogP) is 5.38. The minimum atomic E-state index is -0.458. The maximum absolute atomic E-state index is 11.0. The number of nitrogens with zero attached hydrogens (tertiary/aromatic N) is 5. The topological polar surface area (TPSA) is 149 Å². The zero-order valence-corrected chi connectivity index (χ0v) is 21.5. The third-order valence-corrected chi connectivity index (χ3v) is 5.21. The van der Waals surface area contributed by atoms with Crippen LogP contribution in [0.15, 0.2) is 77.9 Å². The second-order valence-corrected chi connectivity index (χ2v) is 8.02. The zero-order valence-electron chi connectivity index (χ0n) is 21.5. The number of aromatic nitrogens is 3. The molecule has 4 rings (SSSR count). The van der Waals surface area contributed by atoms with Crippen LogP contribution in [0, 0.1) is 10.1 Å². The van der Waals surface area contributed by atoms with Crippen molar-refractivity contribution >= 4 is 35.4 Å². The highest BCUT2D eigenvalue weighted by molar-refractivity contribution is 5.81. The van der Waals surface area contributed by atoms with E-state index in [-0.39, 0.29) is 17.6 Å². The number of hydrazone groups is 1. The summed E-state index contributed by atoms with van der Waals surface area (Å²) in [5, 5.41) is 21.5. The first-order valence-electron chi connectivity index (χ1n) is 12.3. The molecule has 3 N–H and O–H groups in total. The van der Waals surface area contributed by atoms with Crippen LogP contribution in [0.25, 0.3) is 0 Å². The van der Waals surface area contributed by atoms with Crippen molar-refractivity contribution in [1.82, 2.24) is 15.0 Å². The molecule has 1 aromatic heterocycles.